The van der Waals surface area contributed by atoms with Crippen LogP contribution >= 0.6 is 0 Å². The van der Waals surface area contributed by atoms with Crippen molar-refractivity contribution in [3.8, 4) is 0 Å². The molecule has 4 fully saturated rings. The van der Waals surface area contributed by atoms with Crippen molar-refractivity contribution < 1.29 is 0 Å². The summed E-state index contributed by atoms with van der Waals surface area (Å²) in [6.45, 7) is 1.74. The van der Waals surface area contributed by atoms with Crippen molar-refractivity contribution in [3.05, 3.63) is 21.7 Å². The summed E-state index contributed by atoms with van der Waals surface area (Å²) in [5.41, 5.74) is 6.52. The van der Waals surface area contributed by atoms with Crippen molar-refractivity contribution in [2.24, 2.45) is 17.8 Å². The Balaban J connectivity index is 1.82. The maximum Gasteiger partial charge on any atom is 0.255 e. The molecule has 0 aromatic carbocycles. The summed E-state index contributed by atoms with van der Waals surface area (Å²) < 4.78 is 0. The van der Waals surface area contributed by atoms with Gasteiger partial charge in [-0.05, 0) is 63.2 Å². The zero-order chi connectivity index (χ0) is 13.2. The second-order valence-corrected chi connectivity index (χ2v) is 7.12. The molecule has 4 aliphatic carbocycles. The Morgan fingerprint density at radius 1 is 1.16 bits per heavy atom. The number of hydrogen-bond acceptors (Lipinski definition) is 3. The van der Waals surface area contributed by atoms with Crippen molar-refractivity contribution >= 4 is 5.82 Å². The van der Waals surface area contributed by atoms with Crippen molar-refractivity contribution in [1.82, 2.24) is 9.97 Å². The first-order valence-corrected chi connectivity index (χ1v) is 7.42. The molecule has 4 bridgehead atoms. The molecule has 0 spiro atoms. The summed E-state index contributed by atoms with van der Waals surface area (Å²) in [7, 11) is 0. The van der Waals surface area contributed by atoms with Crippen LogP contribution in [0.1, 0.15) is 49.9 Å². The second-order valence-electron chi connectivity index (χ2n) is 7.12. The van der Waals surface area contributed by atoms with Crippen LogP contribution in [0.4, 0.5) is 5.82 Å². The van der Waals surface area contributed by atoms with Gasteiger partial charge in [-0.3, -0.25) is 4.79 Å². The largest absolute Gasteiger partial charge is 0.383 e. The molecule has 4 saturated carbocycles. The molecule has 0 atom stereocenters. The van der Waals surface area contributed by atoms with Crippen LogP contribution in [0.3, 0.4) is 0 Å². The summed E-state index contributed by atoms with van der Waals surface area (Å²) in [4.78, 5) is 19.6. The quantitative estimate of drug-likeness (QED) is 0.811. The van der Waals surface area contributed by atoms with E-state index in [2.05, 4.69) is 9.97 Å². The molecule has 5 rings (SSSR count). The molecular formula is C15H21N3O. The SMILES string of the molecule is Cc1c(N)nc(C23CC4CC(CC(C4)C2)C3)[nH]c1=O. The van der Waals surface area contributed by atoms with E-state index in [1.807, 2.05) is 0 Å². The predicted octanol–water partition coefficient (Wildman–Crippen LogP) is 2.13. The van der Waals surface area contributed by atoms with Gasteiger partial charge >= 0.3 is 0 Å². The van der Waals surface area contributed by atoms with Crippen LogP contribution in [0.5, 0.6) is 0 Å². The Bertz CT molecular complexity index is 554. The average molecular weight is 259 g/mol. The first kappa shape index (κ1) is 11.5. The standard InChI is InChI=1S/C15H21N3O/c1-8-12(16)17-14(18-13(8)19)15-5-9-2-10(6-15)4-11(3-9)7-15/h9-11H,2-7H2,1H3,(H3,16,17,18,19). The van der Waals surface area contributed by atoms with E-state index in [1.54, 1.807) is 6.92 Å². The zero-order valence-corrected chi connectivity index (χ0v) is 11.4. The number of nitrogens with one attached hydrogen (secondary N) is 1. The average Bonchev–Trinajstić information content (AvgIpc) is 2.33. The van der Waals surface area contributed by atoms with Crippen LogP contribution in [0, 0.1) is 24.7 Å². The number of hydrogen-bond donors (Lipinski definition) is 2. The number of nitrogens with zero attached hydrogens (tertiary/aromatic N) is 1. The third-order valence-electron chi connectivity index (χ3n) is 5.73. The fourth-order valence-corrected chi connectivity index (χ4v) is 5.20. The third kappa shape index (κ3) is 1.58. The Kier molecular flexibility index (Phi) is 2.19. The highest BCUT2D eigenvalue weighted by molar-refractivity contribution is 5.37. The molecule has 1 aromatic heterocycles. The van der Waals surface area contributed by atoms with E-state index in [-0.39, 0.29) is 11.0 Å². The normalized spacial score (nSPS) is 39.7. The number of anilines is 1. The minimum absolute atomic E-state index is 0.0572. The van der Waals surface area contributed by atoms with Crippen molar-refractivity contribution in [2.75, 3.05) is 5.73 Å². The van der Waals surface area contributed by atoms with Crippen molar-refractivity contribution in [3.63, 3.8) is 0 Å². The highest BCUT2D eigenvalue weighted by Gasteiger charge is 2.53. The first-order chi connectivity index (χ1) is 9.06. The zero-order valence-electron chi connectivity index (χ0n) is 11.4. The molecule has 1 heterocycles. The number of aromatic amines is 1. The van der Waals surface area contributed by atoms with E-state index in [0.717, 1.165) is 23.6 Å². The molecule has 0 saturated heterocycles. The van der Waals surface area contributed by atoms with Crippen molar-refractivity contribution in [1.29, 1.82) is 0 Å². The maximum absolute atomic E-state index is 12.0. The molecule has 1 aromatic rings. The molecule has 4 heteroatoms. The minimum atomic E-state index is -0.0572. The number of nitrogens with two attached hydrogens (primary N) is 1. The van der Waals surface area contributed by atoms with Gasteiger partial charge in [0, 0.05) is 5.41 Å². The molecule has 0 unspecified atom stereocenters. The van der Waals surface area contributed by atoms with E-state index in [0.29, 0.717) is 11.4 Å². The van der Waals surface area contributed by atoms with Gasteiger partial charge in [0.25, 0.3) is 5.56 Å². The molecule has 4 aliphatic rings. The molecule has 4 nitrogen and oxygen atoms in total. The molecule has 102 valence electrons. The Labute approximate surface area is 112 Å². The first-order valence-electron chi connectivity index (χ1n) is 7.42. The van der Waals surface area contributed by atoms with Crippen molar-refractivity contribution in [2.45, 2.75) is 50.9 Å². The Morgan fingerprint density at radius 3 is 2.16 bits per heavy atom. The summed E-state index contributed by atoms with van der Waals surface area (Å²) >= 11 is 0. The van der Waals surface area contributed by atoms with Gasteiger partial charge in [0.15, 0.2) is 0 Å². The second kappa shape index (κ2) is 3.62. The van der Waals surface area contributed by atoms with Gasteiger partial charge in [0.05, 0.1) is 5.56 Å². The molecular weight excluding hydrogens is 238 g/mol. The monoisotopic (exact) mass is 259 g/mol. The third-order valence-corrected chi connectivity index (χ3v) is 5.73. The van der Waals surface area contributed by atoms with E-state index >= 15 is 0 Å². The van der Waals surface area contributed by atoms with Crippen LogP contribution in [0.15, 0.2) is 4.79 Å². The molecule has 0 aliphatic heterocycles. The summed E-state index contributed by atoms with van der Waals surface area (Å²) in [6.07, 6.45) is 7.78. The van der Waals surface area contributed by atoms with Crippen LogP contribution in [0.2, 0.25) is 0 Å². The summed E-state index contributed by atoms with van der Waals surface area (Å²) in [5.74, 6) is 3.83. The minimum Gasteiger partial charge on any atom is -0.383 e. The fourth-order valence-electron chi connectivity index (χ4n) is 5.20. The van der Waals surface area contributed by atoms with Gasteiger partial charge in [-0.15, -0.1) is 0 Å². The molecule has 19 heavy (non-hydrogen) atoms. The van der Waals surface area contributed by atoms with E-state index in [1.165, 1.54) is 38.5 Å². The lowest BCUT2D eigenvalue weighted by molar-refractivity contribution is -0.00944. The summed E-state index contributed by atoms with van der Waals surface area (Å²) in [6, 6.07) is 0. The van der Waals surface area contributed by atoms with Gasteiger partial charge in [-0.2, -0.15) is 0 Å². The highest BCUT2D eigenvalue weighted by Crippen LogP contribution is 2.60. The Hall–Kier alpha value is -1.32. The Morgan fingerprint density at radius 2 is 1.68 bits per heavy atom. The van der Waals surface area contributed by atoms with Gasteiger partial charge in [0.2, 0.25) is 0 Å². The van der Waals surface area contributed by atoms with Crippen LogP contribution in [-0.2, 0) is 5.41 Å². The van der Waals surface area contributed by atoms with E-state index in [9.17, 15) is 4.79 Å². The topological polar surface area (TPSA) is 71.8 Å². The number of rotatable bonds is 1. The number of nitrogen functional groups attached to an aromatic ring is 1. The van der Waals surface area contributed by atoms with Gasteiger partial charge in [0.1, 0.15) is 11.6 Å². The van der Waals surface area contributed by atoms with Crippen LogP contribution < -0.4 is 11.3 Å². The van der Waals surface area contributed by atoms with Gasteiger partial charge < -0.3 is 10.7 Å². The van der Waals surface area contributed by atoms with E-state index < -0.39 is 0 Å². The van der Waals surface area contributed by atoms with Crippen LogP contribution in [-0.4, -0.2) is 9.97 Å². The summed E-state index contributed by atoms with van der Waals surface area (Å²) in [5, 5.41) is 0. The maximum atomic E-state index is 12.0. The van der Waals surface area contributed by atoms with Gasteiger partial charge in [-0.25, -0.2) is 4.98 Å². The van der Waals surface area contributed by atoms with Crippen LogP contribution in [0.25, 0.3) is 0 Å². The smallest absolute Gasteiger partial charge is 0.255 e. The molecule has 3 N–H and O–H groups in total. The number of aromatic nitrogens is 2. The lowest BCUT2D eigenvalue weighted by Gasteiger charge is -2.56. The lowest BCUT2D eigenvalue weighted by Crippen LogP contribution is -2.50. The van der Waals surface area contributed by atoms with Gasteiger partial charge in [-0.1, -0.05) is 0 Å². The fraction of sp³-hybridized carbons (Fsp3) is 0.733. The number of H-pyrrole nitrogens is 1. The van der Waals surface area contributed by atoms with E-state index in [4.69, 9.17) is 5.73 Å². The predicted molar refractivity (Wildman–Crippen MR) is 73.9 cm³/mol. The molecule has 0 radical (unpaired) electrons. The lowest BCUT2D eigenvalue weighted by atomic mass is 9.49. The molecule has 0 amide bonds. The highest BCUT2D eigenvalue weighted by atomic mass is 16.1.